The molecule has 0 atom stereocenters. The van der Waals surface area contributed by atoms with Gasteiger partial charge < -0.3 is 4.74 Å². The van der Waals surface area contributed by atoms with Crippen LogP contribution in [-0.2, 0) is 19.3 Å². The van der Waals surface area contributed by atoms with Crippen molar-refractivity contribution < 1.29 is 35.5 Å². The van der Waals surface area contributed by atoms with Gasteiger partial charge in [-0.25, -0.2) is 17.6 Å². The van der Waals surface area contributed by atoms with Crippen LogP contribution in [0.4, 0.5) is 30.7 Å². The number of rotatable bonds is 4. The van der Waals surface area contributed by atoms with Crippen LogP contribution in [0.1, 0.15) is 29.2 Å². The third-order valence-corrected chi connectivity index (χ3v) is 5.54. The van der Waals surface area contributed by atoms with Crippen LogP contribution in [-0.4, -0.2) is 6.36 Å². The maximum atomic E-state index is 14.9. The van der Waals surface area contributed by atoms with Gasteiger partial charge in [-0.3, -0.25) is 0 Å². The van der Waals surface area contributed by atoms with Gasteiger partial charge in [0.15, 0.2) is 11.6 Å². The van der Waals surface area contributed by atoms with E-state index < -0.39 is 35.4 Å². The second kappa shape index (κ2) is 8.57. The quantitative estimate of drug-likeness (QED) is 0.361. The summed E-state index contributed by atoms with van der Waals surface area (Å²) < 4.78 is 98.6. The first-order valence-electron chi connectivity index (χ1n) is 10.1. The van der Waals surface area contributed by atoms with Gasteiger partial charge in [-0.15, -0.1) is 13.2 Å². The van der Waals surface area contributed by atoms with E-state index in [1.54, 1.807) is 13.0 Å². The molecule has 0 aromatic heterocycles. The molecule has 0 saturated heterocycles. The molecular formula is C25H17F7O. The Morgan fingerprint density at radius 3 is 2.12 bits per heavy atom. The Kier molecular flexibility index (Phi) is 5.95. The molecule has 0 N–H and O–H groups in total. The topological polar surface area (TPSA) is 9.23 Å². The van der Waals surface area contributed by atoms with Gasteiger partial charge in [0.1, 0.15) is 17.5 Å². The monoisotopic (exact) mass is 466 g/mol. The molecule has 0 aliphatic heterocycles. The number of benzene rings is 3. The van der Waals surface area contributed by atoms with Gasteiger partial charge in [0.2, 0.25) is 0 Å². The third kappa shape index (κ3) is 4.74. The van der Waals surface area contributed by atoms with E-state index in [9.17, 15) is 30.7 Å². The lowest BCUT2D eigenvalue weighted by Gasteiger charge is -2.20. The zero-order chi connectivity index (χ0) is 23.9. The number of ether oxygens (including phenoxy) is 1. The van der Waals surface area contributed by atoms with E-state index in [4.69, 9.17) is 0 Å². The van der Waals surface area contributed by atoms with Crippen LogP contribution in [0, 0.1) is 23.3 Å². The first-order chi connectivity index (χ1) is 15.6. The van der Waals surface area contributed by atoms with E-state index in [0.717, 1.165) is 18.2 Å². The SMILES string of the molecule is CCc1cc(F)c(C2=CCc3cc(-c4ccc(OC(F)(F)F)c(F)c4)c(F)cc3C2)c(F)c1. The lowest BCUT2D eigenvalue weighted by atomic mass is 9.85. The van der Waals surface area contributed by atoms with Crippen molar-refractivity contribution in [1.29, 1.82) is 0 Å². The van der Waals surface area contributed by atoms with Crippen LogP contribution in [0.25, 0.3) is 16.7 Å². The molecule has 0 amide bonds. The minimum Gasteiger partial charge on any atom is -0.403 e. The lowest BCUT2D eigenvalue weighted by Crippen LogP contribution is -2.17. The second-order valence-corrected chi connectivity index (χ2v) is 7.69. The first-order valence-corrected chi connectivity index (χ1v) is 10.1. The number of fused-ring (bicyclic) bond motifs is 1. The lowest BCUT2D eigenvalue weighted by molar-refractivity contribution is -0.275. The first kappa shape index (κ1) is 22.9. The summed E-state index contributed by atoms with van der Waals surface area (Å²) in [7, 11) is 0. The van der Waals surface area contributed by atoms with Crippen molar-refractivity contribution >= 4 is 5.57 Å². The Balaban J connectivity index is 1.65. The van der Waals surface area contributed by atoms with Crippen molar-refractivity contribution in [3.05, 3.63) is 94.1 Å². The number of halogens is 7. The normalized spacial score (nSPS) is 13.5. The van der Waals surface area contributed by atoms with Crippen molar-refractivity contribution in [2.24, 2.45) is 0 Å². The molecule has 0 saturated carbocycles. The molecule has 172 valence electrons. The number of alkyl halides is 3. The largest absolute Gasteiger partial charge is 0.573 e. The van der Waals surface area contributed by atoms with Gasteiger partial charge in [-0.05, 0) is 83.5 Å². The Hall–Kier alpha value is -3.29. The molecule has 0 heterocycles. The fourth-order valence-electron chi connectivity index (χ4n) is 3.95. The van der Waals surface area contributed by atoms with Gasteiger partial charge >= 0.3 is 6.36 Å². The van der Waals surface area contributed by atoms with Crippen LogP contribution in [0.2, 0.25) is 0 Å². The Morgan fingerprint density at radius 2 is 1.52 bits per heavy atom. The average Bonchev–Trinajstić information content (AvgIpc) is 2.73. The standard InChI is InChI=1S/C25H17F7O/c1-2-13-7-21(28)24(22(29)8-13)16-4-3-14-10-18(19(26)12-17(14)9-16)15-5-6-23(20(27)11-15)33-25(30,31)32/h4-8,10-12H,2-3,9H2,1H3. The second-order valence-electron chi connectivity index (χ2n) is 7.69. The summed E-state index contributed by atoms with van der Waals surface area (Å²) in [6.45, 7) is 1.78. The summed E-state index contributed by atoms with van der Waals surface area (Å²) in [5.41, 5.74) is 1.98. The van der Waals surface area contributed by atoms with Gasteiger partial charge in [-0.2, -0.15) is 0 Å². The molecule has 33 heavy (non-hydrogen) atoms. The Morgan fingerprint density at radius 1 is 0.818 bits per heavy atom. The van der Waals surface area contributed by atoms with Crippen LogP contribution in [0.5, 0.6) is 5.75 Å². The summed E-state index contributed by atoms with van der Waals surface area (Å²) in [5.74, 6) is -4.41. The van der Waals surface area contributed by atoms with Gasteiger partial charge in [-0.1, -0.05) is 19.1 Å². The van der Waals surface area contributed by atoms with E-state index in [1.807, 2.05) is 0 Å². The van der Waals surface area contributed by atoms with Crippen molar-refractivity contribution in [3.8, 4) is 16.9 Å². The molecule has 0 fully saturated rings. The zero-order valence-electron chi connectivity index (χ0n) is 17.3. The highest BCUT2D eigenvalue weighted by Gasteiger charge is 2.32. The molecular weight excluding hydrogens is 449 g/mol. The minimum absolute atomic E-state index is 0.00674. The van der Waals surface area contributed by atoms with Crippen molar-refractivity contribution in [1.82, 2.24) is 0 Å². The van der Waals surface area contributed by atoms with E-state index in [2.05, 4.69) is 4.74 Å². The third-order valence-electron chi connectivity index (χ3n) is 5.54. The summed E-state index contributed by atoms with van der Waals surface area (Å²) in [6.07, 6.45) is -2.58. The van der Waals surface area contributed by atoms with Crippen LogP contribution < -0.4 is 4.74 Å². The highest BCUT2D eigenvalue weighted by molar-refractivity contribution is 5.74. The molecule has 3 aromatic carbocycles. The number of hydrogen-bond donors (Lipinski definition) is 0. The molecule has 4 rings (SSSR count). The Bertz CT molecular complexity index is 1240. The van der Waals surface area contributed by atoms with Gasteiger partial charge in [0.05, 0.1) is 0 Å². The fraction of sp³-hybridized carbons (Fsp3) is 0.200. The number of aryl methyl sites for hydroxylation is 1. The molecule has 0 bridgehead atoms. The predicted octanol–water partition coefficient (Wildman–Crippen LogP) is 7.55. The van der Waals surface area contributed by atoms with Gasteiger partial charge in [0.25, 0.3) is 0 Å². The Labute approximate surface area is 185 Å². The molecule has 1 aliphatic carbocycles. The maximum absolute atomic E-state index is 14.9. The smallest absolute Gasteiger partial charge is 0.403 e. The number of allylic oxidation sites excluding steroid dienone is 2. The molecule has 0 radical (unpaired) electrons. The van der Waals surface area contributed by atoms with Crippen LogP contribution in [0.3, 0.4) is 0 Å². The number of hydrogen-bond acceptors (Lipinski definition) is 1. The molecule has 0 spiro atoms. The highest BCUT2D eigenvalue weighted by Crippen LogP contribution is 2.36. The molecule has 3 aromatic rings. The maximum Gasteiger partial charge on any atom is 0.573 e. The average molecular weight is 466 g/mol. The molecule has 1 nitrogen and oxygen atoms in total. The zero-order valence-corrected chi connectivity index (χ0v) is 17.3. The molecule has 0 unspecified atom stereocenters. The summed E-state index contributed by atoms with van der Waals surface area (Å²) in [5, 5.41) is 0. The summed E-state index contributed by atoms with van der Waals surface area (Å²) >= 11 is 0. The predicted molar refractivity (Wildman–Crippen MR) is 110 cm³/mol. The fourth-order valence-corrected chi connectivity index (χ4v) is 3.95. The van der Waals surface area contributed by atoms with E-state index >= 15 is 0 Å². The minimum atomic E-state index is -5.06. The molecule has 8 heteroatoms. The highest BCUT2D eigenvalue weighted by atomic mass is 19.4. The van der Waals surface area contributed by atoms with Crippen LogP contribution >= 0.6 is 0 Å². The van der Waals surface area contributed by atoms with Gasteiger partial charge in [0, 0.05) is 11.1 Å². The van der Waals surface area contributed by atoms with Crippen molar-refractivity contribution in [3.63, 3.8) is 0 Å². The molecule has 1 aliphatic rings. The van der Waals surface area contributed by atoms with E-state index in [-0.39, 0.29) is 29.5 Å². The van der Waals surface area contributed by atoms with Crippen molar-refractivity contribution in [2.45, 2.75) is 32.5 Å². The summed E-state index contributed by atoms with van der Waals surface area (Å²) in [4.78, 5) is 0. The van der Waals surface area contributed by atoms with E-state index in [1.165, 1.54) is 24.3 Å². The summed E-state index contributed by atoms with van der Waals surface area (Å²) in [6, 6.07) is 7.88. The van der Waals surface area contributed by atoms with E-state index in [0.29, 0.717) is 28.7 Å². The van der Waals surface area contributed by atoms with Crippen molar-refractivity contribution in [2.75, 3.05) is 0 Å². The van der Waals surface area contributed by atoms with Crippen LogP contribution in [0.15, 0.2) is 48.5 Å².